The summed E-state index contributed by atoms with van der Waals surface area (Å²) in [5.74, 6) is 0.750. The number of nitrogens with zero attached hydrogens (tertiary/aromatic N) is 3. The van der Waals surface area contributed by atoms with E-state index in [0.29, 0.717) is 0 Å². The molecular formula is C56H43N3. The summed E-state index contributed by atoms with van der Waals surface area (Å²) in [6.07, 6.45) is 0. The lowest BCUT2D eigenvalue weighted by molar-refractivity contribution is 0.640. The molecule has 0 radical (unpaired) electrons. The Labute approximate surface area is 346 Å². The van der Waals surface area contributed by atoms with Gasteiger partial charge in [0, 0.05) is 38.7 Å². The molecule has 0 atom stereocenters. The standard InChI is InChI=1S/C56H43N3/c1-55(2)44-29-17-14-26-41(44)47-49(54-57-46-31-19-16-28-43(46)52(58-54)38-22-10-6-11-23-38)48-42-27-15-18-30-45(42)56(3,4)51(48)53(50(47)55)59(39-24-12-7-13-25-39)40-34-32-37(33-35-40)36-20-8-5-9-21-36/h5-35H,1-4H3. The number of fused-ring (bicyclic) bond motifs is 7. The fourth-order valence-electron chi connectivity index (χ4n) is 10.1. The van der Waals surface area contributed by atoms with Crippen molar-refractivity contribution >= 4 is 28.0 Å². The van der Waals surface area contributed by atoms with Crippen molar-refractivity contribution in [3.8, 4) is 56.0 Å². The van der Waals surface area contributed by atoms with Gasteiger partial charge in [-0.15, -0.1) is 0 Å². The van der Waals surface area contributed by atoms with Gasteiger partial charge in [-0.05, 0) is 86.0 Å². The average molecular weight is 758 g/mol. The second-order valence-corrected chi connectivity index (χ2v) is 16.9. The van der Waals surface area contributed by atoms with Crippen molar-refractivity contribution in [2.75, 3.05) is 4.90 Å². The van der Waals surface area contributed by atoms with Crippen LogP contribution >= 0.6 is 0 Å². The summed E-state index contributed by atoms with van der Waals surface area (Å²) in [6, 6.07) is 67.8. The molecule has 1 heterocycles. The maximum absolute atomic E-state index is 5.64. The van der Waals surface area contributed by atoms with Crippen LogP contribution in [0.5, 0.6) is 0 Å². The first-order chi connectivity index (χ1) is 28.8. The van der Waals surface area contributed by atoms with Gasteiger partial charge in [0.05, 0.1) is 16.9 Å². The molecule has 3 heteroatoms. The van der Waals surface area contributed by atoms with Crippen molar-refractivity contribution < 1.29 is 0 Å². The summed E-state index contributed by atoms with van der Waals surface area (Å²) < 4.78 is 0. The number of hydrogen-bond donors (Lipinski definition) is 0. The number of benzene rings is 8. The van der Waals surface area contributed by atoms with E-state index in [9.17, 15) is 0 Å². The third-order valence-corrected chi connectivity index (χ3v) is 12.8. The minimum atomic E-state index is -0.369. The van der Waals surface area contributed by atoms with Gasteiger partial charge in [0.1, 0.15) is 0 Å². The smallest absolute Gasteiger partial charge is 0.161 e. The van der Waals surface area contributed by atoms with E-state index >= 15 is 0 Å². The molecule has 8 aromatic carbocycles. The van der Waals surface area contributed by atoms with Crippen molar-refractivity contribution in [1.82, 2.24) is 9.97 Å². The van der Waals surface area contributed by atoms with Gasteiger partial charge in [-0.2, -0.15) is 0 Å². The zero-order valence-electron chi connectivity index (χ0n) is 33.7. The van der Waals surface area contributed by atoms with Crippen molar-refractivity contribution in [1.29, 1.82) is 0 Å². The highest BCUT2D eigenvalue weighted by molar-refractivity contribution is 6.09. The molecule has 3 nitrogen and oxygen atoms in total. The highest BCUT2D eigenvalue weighted by Gasteiger charge is 2.49. The Morgan fingerprint density at radius 1 is 0.390 bits per heavy atom. The lowest BCUT2D eigenvalue weighted by Gasteiger charge is -2.38. The van der Waals surface area contributed by atoms with E-state index in [1.807, 2.05) is 0 Å². The fourth-order valence-corrected chi connectivity index (χ4v) is 10.1. The normalized spacial score (nSPS) is 14.0. The molecule has 0 amide bonds. The Morgan fingerprint density at radius 2 is 0.847 bits per heavy atom. The van der Waals surface area contributed by atoms with Crippen LogP contribution in [0.4, 0.5) is 17.1 Å². The number of aromatic nitrogens is 2. The molecule has 2 aliphatic carbocycles. The first-order valence-electron chi connectivity index (χ1n) is 20.6. The van der Waals surface area contributed by atoms with Crippen LogP contribution in [0.1, 0.15) is 49.9 Å². The van der Waals surface area contributed by atoms with Crippen molar-refractivity contribution in [2.45, 2.75) is 38.5 Å². The first kappa shape index (κ1) is 35.1. The van der Waals surface area contributed by atoms with E-state index in [1.165, 1.54) is 61.3 Å². The molecule has 0 unspecified atom stereocenters. The van der Waals surface area contributed by atoms with Crippen molar-refractivity contribution in [3.63, 3.8) is 0 Å². The monoisotopic (exact) mass is 757 g/mol. The predicted molar refractivity (Wildman–Crippen MR) is 246 cm³/mol. The predicted octanol–water partition coefficient (Wildman–Crippen LogP) is 14.7. The molecule has 0 saturated carbocycles. The van der Waals surface area contributed by atoms with E-state index in [0.717, 1.165) is 44.9 Å². The molecule has 0 aliphatic heterocycles. The number of hydrogen-bond acceptors (Lipinski definition) is 3. The zero-order valence-corrected chi connectivity index (χ0v) is 33.7. The third-order valence-electron chi connectivity index (χ3n) is 12.8. The summed E-state index contributed by atoms with van der Waals surface area (Å²) in [5, 5.41) is 1.04. The van der Waals surface area contributed by atoms with Gasteiger partial charge in [0.15, 0.2) is 5.82 Å². The molecule has 59 heavy (non-hydrogen) atoms. The first-order valence-corrected chi connectivity index (χ1v) is 20.6. The minimum Gasteiger partial charge on any atom is -0.310 e. The van der Waals surface area contributed by atoms with Crippen LogP contribution in [0.3, 0.4) is 0 Å². The molecule has 0 bridgehead atoms. The molecule has 0 saturated heterocycles. The number of anilines is 3. The summed E-state index contributed by atoms with van der Waals surface area (Å²) in [4.78, 5) is 13.7. The summed E-state index contributed by atoms with van der Waals surface area (Å²) in [7, 11) is 0. The number of para-hydroxylation sites is 2. The molecule has 0 fully saturated rings. The van der Waals surface area contributed by atoms with E-state index < -0.39 is 0 Å². The number of rotatable bonds is 6. The van der Waals surface area contributed by atoms with Gasteiger partial charge >= 0.3 is 0 Å². The molecule has 11 rings (SSSR count). The van der Waals surface area contributed by atoms with Crippen LogP contribution < -0.4 is 4.90 Å². The summed E-state index contributed by atoms with van der Waals surface area (Å²) >= 11 is 0. The van der Waals surface area contributed by atoms with E-state index in [-0.39, 0.29) is 10.8 Å². The lowest BCUT2D eigenvalue weighted by Crippen LogP contribution is -2.26. The SMILES string of the molecule is CC1(C)c2ccccc2-c2c(-c3nc(-c4ccccc4)c4ccccc4n3)c3c(c(N(c4ccccc4)c4ccc(-c5ccccc5)cc4)c21)C(C)(C)c1ccccc1-3. The average Bonchev–Trinajstić information content (AvgIpc) is 3.67. The molecule has 0 spiro atoms. The molecule has 2 aliphatic rings. The van der Waals surface area contributed by atoms with E-state index in [2.05, 4.69) is 221 Å². The van der Waals surface area contributed by atoms with E-state index in [1.54, 1.807) is 0 Å². The van der Waals surface area contributed by atoms with E-state index in [4.69, 9.17) is 9.97 Å². The van der Waals surface area contributed by atoms with Crippen LogP contribution in [-0.2, 0) is 10.8 Å². The topological polar surface area (TPSA) is 29.0 Å². The van der Waals surface area contributed by atoms with Gasteiger partial charge in [-0.25, -0.2) is 9.97 Å². The maximum atomic E-state index is 5.64. The summed E-state index contributed by atoms with van der Waals surface area (Å²) in [6.45, 7) is 9.63. The van der Waals surface area contributed by atoms with Gasteiger partial charge in [-0.1, -0.05) is 185 Å². The molecular weight excluding hydrogens is 715 g/mol. The zero-order chi connectivity index (χ0) is 39.9. The second kappa shape index (κ2) is 13.2. The van der Waals surface area contributed by atoms with Crippen LogP contribution in [0.15, 0.2) is 188 Å². The Hall–Kier alpha value is -7.10. The Morgan fingerprint density at radius 3 is 1.44 bits per heavy atom. The van der Waals surface area contributed by atoms with Crippen LogP contribution in [0.2, 0.25) is 0 Å². The Balaban J connectivity index is 1.31. The fraction of sp³-hybridized carbons (Fsp3) is 0.107. The minimum absolute atomic E-state index is 0.369. The maximum Gasteiger partial charge on any atom is 0.161 e. The molecule has 1 aromatic heterocycles. The van der Waals surface area contributed by atoms with Gasteiger partial charge in [-0.3, -0.25) is 0 Å². The van der Waals surface area contributed by atoms with Crippen molar-refractivity contribution in [3.05, 3.63) is 210 Å². The molecule has 282 valence electrons. The van der Waals surface area contributed by atoms with Gasteiger partial charge in [0.25, 0.3) is 0 Å². The van der Waals surface area contributed by atoms with Crippen LogP contribution in [0.25, 0.3) is 66.9 Å². The highest BCUT2D eigenvalue weighted by atomic mass is 15.2. The van der Waals surface area contributed by atoms with Crippen LogP contribution in [-0.4, -0.2) is 9.97 Å². The van der Waals surface area contributed by atoms with Crippen LogP contribution in [0, 0.1) is 0 Å². The Bertz CT molecular complexity index is 2990. The highest BCUT2D eigenvalue weighted by Crippen LogP contribution is 2.65. The lowest BCUT2D eigenvalue weighted by atomic mass is 9.74. The molecule has 9 aromatic rings. The Kier molecular flexibility index (Phi) is 7.87. The quantitative estimate of drug-likeness (QED) is 0.169. The molecule has 0 N–H and O–H groups in total. The van der Waals surface area contributed by atoms with Gasteiger partial charge < -0.3 is 4.90 Å². The summed E-state index contributed by atoms with van der Waals surface area (Å²) in [5.41, 5.74) is 19.3. The van der Waals surface area contributed by atoms with Gasteiger partial charge in [0.2, 0.25) is 0 Å². The third kappa shape index (κ3) is 5.27. The van der Waals surface area contributed by atoms with Crippen molar-refractivity contribution in [2.24, 2.45) is 0 Å². The largest absolute Gasteiger partial charge is 0.310 e. The second-order valence-electron chi connectivity index (χ2n) is 16.9.